The summed E-state index contributed by atoms with van der Waals surface area (Å²) in [6.07, 6.45) is 10.0. The van der Waals surface area contributed by atoms with Crippen molar-refractivity contribution in [1.82, 2.24) is 0 Å². The van der Waals surface area contributed by atoms with Crippen LogP contribution in [0.2, 0.25) is 0 Å². The topological polar surface area (TPSA) is 0 Å². The highest BCUT2D eigenvalue weighted by Crippen LogP contribution is 2.58. The zero-order chi connectivity index (χ0) is 64.5. The number of rotatable bonds is 14. The molecule has 2 aliphatic rings. The highest BCUT2D eigenvalue weighted by atomic mass is 14.5. The van der Waals surface area contributed by atoms with Gasteiger partial charge >= 0.3 is 0 Å². The minimum Gasteiger partial charge on any atom is -0.0836 e. The van der Waals surface area contributed by atoms with Gasteiger partial charge in [-0.25, -0.2) is 0 Å². The first-order chi connectivity index (χ1) is 48.0. The van der Waals surface area contributed by atoms with Gasteiger partial charge in [0.2, 0.25) is 0 Å². The van der Waals surface area contributed by atoms with Crippen LogP contribution in [0.15, 0.2) is 394 Å². The minimum absolute atomic E-state index is 0.220. The molecule has 0 aliphatic heterocycles. The molecule has 97 heavy (non-hydrogen) atoms. The van der Waals surface area contributed by atoms with Crippen molar-refractivity contribution in [2.75, 3.05) is 0 Å². The zero-order valence-electron chi connectivity index (χ0n) is 53.8. The first-order valence-corrected chi connectivity index (χ1v) is 33.9. The predicted octanol–water partition coefficient (Wildman–Crippen LogP) is 26.0. The second kappa shape index (κ2) is 25.6. The number of allylic oxidation sites excluding steroid dienone is 4. The normalized spacial score (nSPS) is 13.4. The third-order valence-corrected chi connectivity index (χ3v) is 19.9. The van der Waals surface area contributed by atoms with Gasteiger partial charge in [0.05, 0.1) is 5.41 Å². The molecule has 0 fully saturated rings. The van der Waals surface area contributed by atoms with Crippen LogP contribution >= 0.6 is 0 Å². The fourth-order valence-electron chi connectivity index (χ4n) is 15.2. The molecular weight excluding hydrogens is 1170 g/mol. The molecule has 15 aromatic rings. The van der Waals surface area contributed by atoms with E-state index in [9.17, 15) is 0 Å². The van der Waals surface area contributed by atoms with Gasteiger partial charge in [0.25, 0.3) is 0 Å². The summed E-state index contributed by atoms with van der Waals surface area (Å²) in [4.78, 5) is 0. The molecule has 0 heteroatoms. The predicted molar refractivity (Wildman–Crippen MR) is 409 cm³/mol. The van der Waals surface area contributed by atoms with Gasteiger partial charge in [0.15, 0.2) is 0 Å². The lowest BCUT2D eigenvalue weighted by Gasteiger charge is -2.35. The summed E-state index contributed by atoms with van der Waals surface area (Å²) in [5.74, 6) is 0.220. The Morgan fingerprint density at radius 2 is 0.412 bits per heavy atom. The van der Waals surface area contributed by atoms with Crippen LogP contribution in [-0.2, 0) is 5.41 Å². The van der Waals surface area contributed by atoms with E-state index in [1.165, 1.54) is 100 Å². The molecule has 15 aromatic carbocycles. The molecule has 0 bridgehead atoms. The second-order valence-corrected chi connectivity index (χ2v) is 25.9. The van der Waals surface area contributed by atoms with E-state index in [0.717, 1.165) is 67.6 Å². The van der Waals surface area contributed by atoms with Crippen molar-refractivity contribution in [3.63, 3.8) is 0 Å². The van der Waals surface area contributed by atoms with Crippen LogP contribution < -0.4 is 0 Å². The van der Waals surface area contributed by atoms with E-state index in [4.69, 9.17) is 0 Å². The molecule has 0 saturated carbocycles. The largest absolute Gasteiger partial charge is 0.0836 e. The van der Waals surface area contributed by atoms with Gasteiger partial charge in [-0.3, -0.25) is 0 Å². The van der Waals surface area contributed by atoms with E-state index in [0.29, 0.717) is 0 Å². The molecule has 0 nitrogen and oxygen atoms in total. The van der Waals surface area contributed by atoms with Crippen LogP contribution in [0.4, 0.5) is 0 Å². The first kappa shape index (κ1) is 58.6. The molecule has 0 N–H and O–H groups in total. The monoisotopic (exact) mass is 1230 g/mol. The van der Waals surface area contributed by atoms with E-state index < -0.39 is 5.41 Å². The van der Waals surface area contributed by atoms with Gasteiger partial charge in [0, 0.05) is 5.92 Å². The van der Waals surface area contributed by atoms with Crippen molar-refractivity contribution in [3.05, 3.63) is 422 Å². The van der Waals surface area contributed by atoms with Crippen molar-refractivity contribution in [3.8, 4) is 134 Å². The number of hydrogen-bond acceptors (Lipinski definition) is 0. The third-order valence-electron chi connectivity index (χ3n) is 19.9. The van der Waals surface area contributed by atoms with Crippen LogP contribution in [0.1, 0.15) is 40.2 Å². The summed E-state index contributed by atoms with van der Waals surface area (Å²) in [7, 11) is 0. The summed E-state index contributed by atoms with van der Waals surface area (Å²) in [5.41, 5.74) is 33.3. The number of hydrogen-bond donors (Lipinski definition) is 0. The number of benzene rings is 15. The van der Waals surface area contributed by atoms with Crippen molar-refractivity contribution < 1.29 is 0 Å². The lowest BCUT2D eigenvalue weighted by Crippen LogP contribution is -2.29. The maximum atomic E-state index is 2.56. The molecule has 2 aliphatic carbocycles. The summed E-state index contributed by atoms with van der Waals surface area (Å²) in [6, 6.07) is 139. The van der Waals surface area contributed by atoms with E-state index in [-0.39, 0.29) is 5.92 Å². The molecular formula is C97H68. The maximum absolute atomic E-state index is 2.56. The molecule has 17 rings (SSSR count). The molecule has 456 valence electrons. The van der Waals surface area contributed by atoms with Gasteiger partial charge in [-0.1, -0.05) is 297 Å². The summed E-state index contributed by atoms with van der Waals surface area (Å²) in [6.45, 7) is 0. The quantitative estimate of drug-likeness (QED) is 0.102. The highest BCUT2D eigenvalue weighted by Gasteiger charge is 2.47. The molecule has 1 atom stereocenters. The molecule has 0 aromatic heterocycles. The minimum atomic E-state index is -0.878. The Labute approximate surface area is 569 Å². The van der Waals surface area contributed by atoms with Gasteiger partial charge in [-0.15, -0.1) is 0 Å². The van der Waals surface area contributed by atoms with Crippen molar-refractivity contribution >= 4 is 0 Å². The van der Waals surface area contributed by atoms with Crippen LogP contribution in [0.5, 0.6) is 0 Å². The smallest absolute Gasteiger partial charge is 0.0714 e. The Balaban J connectivity index is 1.00. The van der Waals surface area contributed by atoms with Crippen LogP contribution in [0.25, 0.3) is 134 Å². The Hall–Kier alpha value is -12.2. The summed E-state index contributed by atoms with van der Waals surface area (Å²) >= 11 is 0. The number of fused-ring (bicyclic) bond motifs is 3. The standard InChI is InChI=1S/C97H68/c1-9-29-67(30-10-1)75-49-76(68-31-11-2-12-32-68)54-83(53-75)87-61-88(84-55-77(69-33-13-3-14-34-69)50-78(56-84)70-35-15-4-16-36-70)64-91(63-87)97(95-47-27-25-45-93(95)94-46-26-28-48-96(94)97)92-65-89(85-57-79(71-37-17-5-18-38-71)51-80(58-85)72-39-19-6-20-40-72)62-90(66-92)86-59-81(73-41-21-7-22-42-73)52-82(60-86)74-43-23-8-24-44-74/h1-43,45-66,74H,44H2. The van der Waals surface area contributed by atoms with Gasteiger partial charge in [-0.2, -0.15) is 0 Å². The highest BCUT2D eigenvalue weighted by molar-refractivity contribution is 5.93. The molecule has 0 spiro atoms. The zero-order valence-corrected chi connectivity index (χ0v) is 53.8. The van der Waals surface area contributed by atoms with E-state index in [1.54, 1.807) is 0 Å². The molecule has 0 radical (unpaired) electrons. The van der Waals surface area contributed by atoms with Crippen molar-refractivity contribution in [2.45, 2.75) is 17.8 Å². The average molecular weight is 1230 g/mol. The first-order valence-electron chi connectivity index (χ1n) is 33.9. The van der Waals surface area contributed by atoms with Crippen LogP contribution in [-0.4, -0.2) is 0 Å². The summed E-state index contributed by atoms with van der Waals surface area (Å²) < 4.78 is 0. The molecule has 1 unspecified atom stereocenters. The molecule has 0 saturated heterocycles. The fraction of sp³-hybridized carbons (Fsp3) is 0.0309. The average Bonchev–Trinajstić information content (AvgIpc) is 1.57. The Morgan fingerprint density at radius 3 is 0.670 bits per heavy atom. The van der Waals surface area contributed by atoms with Crippen molar-refractivity contribution in [2.24, 2.45) is 0 Å². The van der Waals surface area contributed by atoms with Gasteiger partial charge < -0.3 is 0 Å². The van der Waals surface area contributed by atoms with Gasteiger partial charge in [0.1, 0.15) is 0 Å². The van der Waals surface area contributed by atoms with Gasteiger partial charge in [-0.05, 0) is 265 Å². The Kier molecular flexibility index (Phi) is 15.5. The lowest BCUT2D eigenvalue weighted by atomic mass is 9.66. The van der Waals surface area contributed by atoms with E-state index in [1.807, 2.05) is 0 Å². The Bertz CT molecular complexity index is 5070. The van der Waals surface area contributed by atoms with Crippen LogP contribution in [0, 0.1) is 0 Å². The fourth-order valence-corrected chi connectivity index (χ4v) is 15.2. The molecule has 0 amide bonds. The maximum Gasteiger partial charge on any atom is 0.0714 e. The Morgan fingerprint density at radius 1 is 0.196 bits per heavy atom. The van der Waals surface area contributed by atoms with Crippen LogP contribution in [0.3, 0.4) is 0 Å². The lowest BCUT2D eigenvalue weighted by molar-refractivity contribution is 0.770. The van der Waals surface area contributed by atoms with E-state index in [2.05, 4.69) is 394 Å². The SMILES string of the molecule is C1=CCC(c2cc(-c3ccccc3)cc(-c3cc(-c4cc(-c5ccccc5)cc(-c5ccccc5)c4)cc(C4(c5cc(-c6cc(-c7ccccc7)cc(-c7ccccc7)c6)cc(-c6cc(-c7ccccc7)cc(-c7ccccc7)c6)c5)c5ccccc5-c5ccccc54)c3)c2)C=C1. The summed E-state index contributed by atoms with van der Waals surface area (Å²) in [5, 5.41) is 0. The third kappa shape index (κ3) is 11.4. The second-order valence-electron chi connectivity index (χ2n) is 25.9. The molecule has 0 heterocycles. The van der Waals surface area contributed by atoms with E-state index >= 15 is 0 Å². The van der Waals surface area contributed by atoms with Crippen molar-refractivity contribution in [1.29, 1.82) is 0 Å².